The van der Waals surface area contributed by atoms with E-state index < -0.39 is 5.97 Å². The second-order valence-electron chi connectivity index (χ2n) is 3.50. The third-order valence-corrected chi connectivity index (χ3v) is 3.31. The first-order valence-electron chi connectivity index (χ1n) is 5.02. The molecular weight excluding hydrogens is 234 g/mol. The Kier molecular flexibility index (Phi) is 3.25. The van der Waals surface area contributed by atoms with Crippen LogP contribution in [-0.2, 0) is 4.79 Å². The maximum absolute atomic E-state index is 10.4. The molecule has 2 rings (SSSR count). The fourth-order valence-electron chi connectivity index (χ4n) is 1.40. The third-order valence-electron chi connectivity index (χ3n) is 2.21. The molecule has 0 spiro atoms. The van der Waals surface area contributed by atoms with Crippen molar-refractivity contribution < 1.29 is 9.90 Å². The van der Waals surface area contributed by atoms with Crippen LogP contribution in [0.5, 0.6) is 0 Å². The van der Waals surface area contributed by atoms with Gasteiger partial charge in [-0.05, 0) is 35.9 Å². The largest absolute Gasteiger partial charge is 0.478 e. The molecule has 2 aromatic rings. The van der Waals surface area contributed by atoms with Gasteiger partial charge in [-0.1, -0.05) is 12.1 Å². The van der Waals surface area contributed by atoms with Crippen molar-refractivity contribution in [2.24, 2.45) is 0 Å². The van der Waals surface area contributed by atoms with Crippen molar-refractivity contribution in [1.82, 2.24) is 0 Å². The molecule has 0 amide bonds. The van der Waals surface area contributed by atoms with Crippen LogP contribution in [0.4, 0.5) is 5.69 Å². The van der Waals surface area contributed by atoms with E-state index in [9.17, 15) is 4.79 Å². The fraction of sp³-hybridized carbons (Fsp3) is 0. The van der Waals surface area contributed by atoms with Crippen LogP contribution in [0.15, 0.2) is 42.5 Å². The lowest BCUT2D eigenvalue weighted by molar-refractivity contribution is -0.131. The van der Waals surface area contributed by atoms with Gasteiger partial charge >= 0.3 is 5.97 Å². The Morgan fingerprint density at radius 3 is 2.53 bits per heavy atom. The molecule has 0 aliphatic rings. The lowest BCUT2D eigenvalue weighted by Crippen LogP contribution is -1.84. The minimum Gasteiger partial charge on any atom is -0.478 e. The van der Waals surface area contributed by atoms with Crippen molar-refractivity contribution in [1.29, 1.82) is 0 Å². The van der Waals surface area contributed by atoms with E-state index in [0.717, 1.165) is 27.1 Å². The van der Waals surface area contributed by atoms with Crippen LogP contribution < -0.4 is 5.73 Å². The van der Waals surface area contributed by atoms with Crippen LogP contribution in [0.2, 0.25) is 0 Å². The topological polar surface area (TPSA) is 63.3 Å². The van der Waals surface area contributed by atoms with Gasteiger partial charge in [0.05, 0.1) is 0 Å². The Hall–Kier alpha value is -2.07. The number of rotatable bonds is 3. The van der Waals surface area contributed by atoms with Crippen LogP contribution >= 0.6 is 11.3 Å². The molecule has 1 heterocycles. The van der Waals surface area contributed by atoms with E-state index in [1.807, 2.05) is 36.4 Å². The molecule has 1 aromatic heterocycles. The molecule has 0 aliphatic heterocycles. The Morgan fingerprint density at radius 1 is 1.18 bits per heavy atom. The summed E-state index contributed by atoms with van der Waals surface area (Å²) in [5.41, 5.74) is 7.43. The van der Waals surface area contributed by atoms with Crippen molar-refractivity contribution in [3.63, 3.8) is 0 Å². The minimum atomic E-state index is -0.938. The number of hydrogen-bond donors (Lipinski definition) is 2. The van der Waals surface area contributed by atoms with Gasteiger partial charge in [0.15, 0.2) is 0 Å². The van der Waals surface area contributed by atoms with E-state index in [-0.39, 0.29) is 0 Å². The summed E-state index contributed by atoms with van der Waals surface area (Å²) in [7, 11) is 0. The number of aliphatic carboxylic acids is 1. The van der Waals surface area contributed by atoms with E-state index in [0.29, 0.717) is 0 Å². The highest BCUT2D eigenvalue weighted by Gasteiger charge is 2.01. The predicted molar refractivity (Wildman–Crippen MR) is 70.8 cm³/mol. The van der Waals surface area contributed by atoms with Gasteiger partial charge in [-0.3, -0.25) is 0 Å². The van der Waals surface area contributed by atoms with Gasteiger partial charge in [0, 0.05) is 21.5 Å². The maximum Gasteiger partial charge on any atom is 0.328 e. The molecule has 0 saturated heterocycles. The Bertz CT molecular complexity index is 555. The first-order valence-corrected chi connectivity index (χ1v) is 5.83. The smallest absolute Gasteiger partial charge is 0.328 e. The van der Waals surface area contributed by atoms with Gasteiger partial charge < -0.3 is 10.8 Å². The number of thiophene rings is 1. The van der Waals surface area contributed by atoms with Crippen LogP contribution in [0.1, 0.15) is 4.88 Å². The quantitative estimate of drug-likeness (QED) is 0.645. The Balaban J connectivity index is 2.23. The number of carbonyl (C=O) groups is 1. The second kappa shape index (κ2) is 4.84. The van der Waals surface area contributed by atoms with E-state index in [1.165, 1.54) is 0 Å². The lowest BCUT2D eigenvalue weighted by Gasteiger charge is -1.97. The molecule has 0 unspecified atom stereocenters. The minimum absolute atomic E-state index is 0.733. The first-order chi connectivity index (χ1) is 8.15. The average Bonchev–Trinajstić information content (AvgIpc) is 2.76. The number of anilines is 1. The summed E-state index contributed by atoms with van der Waals surface area (Å²) in [6.45, 7) is 0. The highest BCUT2D eigenvalue weighted by Crippen LogP contribution is 2.29. The number of nitrogen functional groups attached to an aromatic ring is 1. The van der Waals surface area contributed by atoms with Crippen molar-refractivity contribution >= 4 is 29.1 Å². The second-order valence-corrected chi connectivity index (χ2v) is 4.61. The zero-order valence-corrected chi connectivity index (χ0v) is 9.78. The number of benzene rings is 1. The van der Waals surface area contributed by atoms with Crippen LogP contribution in [0, 0.1) is 0 Å². The molecule has 0 atom stereocenters. The van der Waals surface area contributed by atoms with Gasteiger partial charge in [0.1, 0.15) is 0 Å². The van der Waals surface area contributed by atoms with E-state index >= 15 is 0 Å². The molecular formula is C13H11NO2S. The molecule has 1 aromatic carbocycles. The van der Waals surface area contributed by atoms with Crippen LogP contribution in [0.25, 0.3) is 16.5 Å². The van der Waals surface area contributed by atoms with Gasteiger partial charge in [0.2, 0.25) is 0 Å². The summed E-state index contributed by atoms with van der Waals surface area (Å²) in [5, 5.41) is 8.53. The molecule has 17 heavy (non-hydrogen) atoms. The van der Waals surface area contributed by atoms with E-state index in [1.54, 1.807) is 17.4 Å². The first kappa shape index (κ1) is 11.4. The molecule has 4 heteroatoms. The van der Waals surface area contributed by atoms with E-state index in [2.05, 4.69) is 0 Å². The highest BCUT2D eigenvalue weighted by atomic mass is 32.1. The summed E-state index contributed by atoms with van der Waals surface area (Å²) < 4.78 is 0. The Labute approximate surface area is 103 Å². The molecule has 0 bridgehead atoms. The summed E-state index contributed by atoms with van der Waals surface area (Å²) >= 11 is 1.54. The highest BCUT2D eigenvalue weighted by molar-refractivity contribution is 7.16. The van der Waals surface area contributed by atoms with Crippen molar-refractivity contribution in [3.8, 4) is 10.4 Å². The lowest BCUT2D eigenvalue weighted by atomic mass is 10.2. The van der Waals surface area contributed by atoms with Gasteiger partial charge in [-0.25, -0.2) is 4.79 Å². The normalized spacial score (nSPS) is 10.8. The third kappa shape index (κ3) is 2.95. The van der Waals surface area contributed by atoms with E-state index in [4.69, 9.17) is 10.8 Å². The molecule has 0 aliphatic carbocycles. The van der Waals surface area contributed by atoms with Crippen molar-refractivity contribution in [3.05, 3.63) is 47.4 Å². The van der Waals surface area contributed by atoms with Gasteiger partial charge in [0.25, 0.3) is 0 Å². The zero-order valence-electron chi connectivity index (χ0n) is 8.96. The van der Waals surface area contributed by atoms with Crippen molar-refractivity contribution in [2.45, 2.75) is 0 Å². The maximum atomic E-state index is 10.4. The van der Waals surface area contributed by atoms with Gasteiger partial charge in [-0.2, -0.15) is 0 Å². The molecule has 0 saturated carbocycles. The summed E-state index contributed by atoms with van der Waals surface area (Å²) in [5.74, 6) is -0.938. The number of nitrogens with two attached hydrogens (primary N) is 1. The van der Waals surface area contributed by atoms with Crippen LogP contribution in [0.3, 0.4) is 0 Å². The average molecular weight is 245 g/mol. The monoisotopic (exact) mass is 245 g/mol. The molecule has 86 valence electrons. The number of hydrogen-bond acceptors (Lipinski definition) is 3. The SMILES string of the molecule is Nc1ccc(-c2ccc(/C=C/C(=O)O)s2)cc1. The summed E-state index contributed by atoms with van der Waals surface area (Å²) in [6, 6.07) is 11.5. The zero-order chi connectivity index (χ0) is 12.3. The molecule has 3 nitrogen and oxygen atoms in total. The molecule has 0 fully saturated rings. The number of carboxylic acid groups (broad SMARTS) is 1. The summed E-state index contributed by atoms with van der Waals surface area (Å²) in [4.78, 5) is 12.4. The predicted octanol–water partition coefficient (Wildman–Crippen LogP) is 3.10. The standard InChI is InChI=1S/C13H11NO2S/c14-10-3-1-9(2-4-10)12-7-5-11(17-12)6-8-13(15)16/h1-8H,14H2,(H,15,16)/b8-6+. The Morgan fingerprint density at radius 2 is 1.88 bits per heavy atom. The molecule has 3 N–H and O–H groups in total. The van der Waals surface area contributed by atoms with Gasteiger partial charge in [-0.15, -0.1) is 11.3 Å². The van der Waals surface area contributed by atoms with Crippen LogP contribution in [-0.4, -0.2) is 11.1 Å². The molecule has 0 radical (unpaired) electrons. The summed E-state index contributed by atoms with van der Waals surface area (Å²) in [6.07, 6.45) is 2.73. The van der Waals surface area contributed by atoms with Crippen molar-refractivity contribution in [2.75, 3.05) is 5.73 Å². The number of carboxylic acids is 1. The fourth-order valence-corrected chi connectivity index (χ4v) is 2.31.